The molecule has 8 heteroatoms. The van der Waals surface area contributed by atoms with Crippen LogP contribution in [0, 0.1) is 13.8 Å². The van der Waals surface area contributed by atoms with Crippen molar-refractivity contribution < 1.29 is 19.1 Å². The number of hydrogen-bond donors (Lipinski definition) is 1. The summed E-state index contributed by atoms with van der Waals surface area (Å²) in [5.74, 6) is -0.566. The highest BCUT2D eigenvalue weighted by atomic mass is 32.1. The van der Waals surface area contributed by atoms with Gasteiger partial charge in [-0.25, -0.2) is 4.98 Å². The maximum absolute atomic E-state index is 12.3. The van der Waals surface area contributed by atoms with E-state index >= 15 is 0 Å². The number of amides is 2. The van der Waals surface area contributed by atoms with Gasteiger partial charge >= 0.3 is 5.97 Å². The minimum atomic E-state index is -0.438. The standard InChI is InChI=1S/C22H27N3O4S/c1-15-7-8-16(2)18(10-15)24-19(26)11-20-23-17(14-30-20)13-29-22(28)12-25-9-5-3-4-6-21(25)27/h7-8,10,14H,3-6,9,11-13H2,1-2H3,(H,24,26). The molecular weight excluding hydrogens is 402 g/mol. The van der Waals surface area contributed by atoms with Gasteiger partial charge in [0.1, 0.15) is 18.2 Å². The molecule has 1 N–H and O–H groups in total. The topological polar surface area (TPSA) is 88.6 Å². The number of carbonyl (C=O) groups excluding carboxylic acids is 3. The van der Waals surface area contributed by atoms with Gasteiger partial charge in [-0.05, 0) is 43.9 Å². The van der Waals surface area contributed by atoms with Crippen molar-refractivity contribution in [2.24, 2.45) is 0 Å². The average Bonchev–Trinajstić information content (AvgIpc) is 3.05. The van der Waals surface area contributed by atoms with Gasteiger partial charge in [-0.15, -0.1) is 11.3 Å². The number of rotatable bonds is 7. The normalized spacial score (nSPS) is 14.3. The van der Waals surface area contributed by atoms with E-state index < -0.39 is 5.97 Å². The van der Waals surface area contributed by atoms with Crippen molar-refractivity contribution in [2.45, 2.75) is 52.6 Å². The van der Waals surface area contributed by atoms with Crippen LogP contribution in [0.25, 0.3) is 0 Å². The molecule has 1 fully saturated rings. The van der Waals surface area contributed by atoms with Gasteiger partial charge < -0.3 is 15.0 Å². The first kappa shape index (κ1) is 22.0. The zero-order valence-electron chi connectivity index (χ0n) is 17.4. The molecule has 0 spiro atoms. The van der Waals surface area contributed by atoms with Crippen LogP contribution in [-0.2, 0) is 32.1 Å². The average molecular weight is 430 g/mol. The fourth-order valence-corrected chi connectivity index (χ4v) is 4.04. The molecule has 0 unspecified atom stereocenters. The van der Waals surface area contributed by atoms with Crippen LogP contribution in [0.4, 0.5) is 5.69 Å². The number of nitrogens with one attached hydrogen (secondary N) is 1. The lowest BCUT2D eigenvalue weighted by Gasteiger charge is -2.19. The van der Waals surface area contributed by atoms with Gasteiger partial charge in [0.2, 0.25) is 11.8 Å². The fraction of sp³-hybridized carbons (Fsp3) is 0.455. The first-order valence-electron chi connectivity index (χ1n) is 10.1. The molecule has 160 valence electrons. The number of anilines is 1. The second kappa shape index (κ2) is 10.3. The quantitative estimate of drug-likeness (QED) is 0.682. The Morgan fingerprint density at radius 1 is 1.23 bits per heavy atom. The summed E-state index contributed by atoms with van der Waals surface area (Å²) in [5, 5.41) is 5.36. The number of benzene rings is 1. The molecule has 2 heterocycles. The summed E-state index contributed by atoms with van der Waals surface area (Å²) >= 11 is 1.36. The summed E-state index contributed by atoms with van der Waals surface area (Å²) in [4.78, 5) is 42.3. The molecule has 0 saturated carbocycles. The molecule has 2 aromatic rings. The number of thiazole rings is 1. The van der Waals surface area contributed by atoms with Gasteiger partial charge in [0.05, 0.1) is 12.1 Å². The molecule has 0 aliphatic carbocycles. The predicted octanol–water partition coefficient (Wildman–Crippen LogP) is 3.39. The Hall–Kier alpha value is -2.74. The lowest BCUT2D eigenvalue weighted by molar-refractivity contribution is -0.150. The molecule has 7 nitrogen and oxygen atoms in total. The van der Waals surface area contributed by atoms with Gasteiger partial charge in [-0.1, -0.05) is 18.6 Å². The molecular formula is C22H27N3O4S. The highest BCUT2D eigenvalue weighted by Gasteiger charge is 2.20. The Morgan fingerprint density at radius 3 is 2.90 bits per heavy atom. The summed E-state index contributed by atoms with van der Waals surface area (Å²) in [6.07, 6.45) is 3.46. The minimum Gasteiger partial charge on any atom is -0.458 e. The first-order valence-corrected chi connectivity index (χ1v) is 11.0. The largest absolute Gasteiger partial charge is 0.458 e. The number of nitrogens with zero attached hydrogens (tertiary/aromatic N) is 2. The van der Waals surface area contributed by atoms with Crippen LogP contribution in [0.5, 0.6) is 0 Å². The zero-order valence-corrected chi connectivity index (χ0v) is 18.2. The molecule has 1 aliphatic heterocycles. The van der Waals surface area contributed by atoms with Crippen LogP contribution >= 0.6 is 11.3 Å². The minimum absolute atomic E-state index is 0.00949. The van der Waals surface area contributed by atoms with Gasteiger partial charge in [0.15, 0.2) is 0 Å². The van der Waals surface area contributed by atoms with E-state index in [1.165, 1.54) is 11.3 Å². The lowest BCUT2D eigenvalue weighted by atomic mass is 10.1. The highest BCUT2D eigenvalue weighted by Crippen LogP contribution is 2.18. The summed E-state index contributed by atoms with van der Waals surface area (Å²) in [6.45, 7) is 4.55. The Morgan fingerprint density at radius 2 is 2.07 bits per heavy atom. The van der Waals surface area contributed by atoms with Gasteiger partial charge in [0.25, 0.3) is 0 Å². The maximum atomic E-state index is 12.3. The third-order valence-corrected chi connectivity index (χ3v) is 5.85. The van der Waals surface area contributed by atoms with Crippen molar-refractivity contribution in [3.8, 4) is 0 Å². The summed E-state index contributed by atoms with van der Waals surface area (Å²) < 4.78 is 5.27. The molecule has 3 rings (SSSR count). The van der Waals surface area contributed by atoms with E-state index in [2.05, 4.69) is 10.3 Å². The van der Waals surface area contributed by atoms with Gasteiger partial charge in [-0.3, -0.25) is 14.4 Å². The lowest BCUT2D eigenvalue weighted by Crippen LogP contribution is -2.35. The van der Waals surface area contributed by atoms with E-state index in [1.54, 1.807) is 10.3 Å². The Labute approximate surface area is 180 Å². The third-order valence-electron chi connectivity index (χ3n) is 4.95. The zero-order chi connectivity index (χ0) is 21.5. The number of carbonyl (C=O) groups is 3. The molecule has 0 atom stereocenters. The van der Waals surface area contributed by atoms with E-state index in [-0.39, 0.29) is 31.4 Å². The van der Waals surface area contributed by atoms with E-state index in [0.29, 0.717) is 23.7 Å². The second-order valence-electron chi connectivity index (χ2n) is 7.56. The number of aryl methyl sites for hydroxylation is 2. The maximum Gasteiger partial charge on any atom is 0.326 e. The molecule has 2 amide bonds. The molecule has 1 aromatic carbocycles. The highest BCUT2D eigenvalue weighted by molar-refractivity contribution is 7.09. The van der Waals surface area contributed by atoms with E-state index in [0.717, 1.165) is 36.1 Å². The van der Waals surface area contributed by atoms with Crippen molar-refractivity contribution >= 4 is 34.8 Å². The van der Waals surface area contributed by atoms with E-state index in [4.69, 9.17) is 4.74 Å². The monoisotopic (exact) mass is 429 g/mol. The second-order valence-corrected chi connectivity index (χ2v) is 8.51. The molecule has 30 heavy (non-hydrogen) atoms. The number of hydrogen-bond acceptors (Lipinski definition) is 6. The summed E-state index contributed by atoms with van der Waals surface area (Å²) in [5.41, 5.74) is 3.48. The molecule has 0 radical (unpaired) electrons. The van der Waals surface area contributed by atoms with Crippen LogP contribution in [0.15, 0.2) is 23.6 Å². The number of esters is 1. The Bertz CT molecular complexity index is 925. The summed E-state index contributed by atoms with van der Waals surface area (Å²) in [7, 11) is 0. The van der Waals surface area contributed by atoms with Crippen LogP contribution in [-0.4, -0.2) is 40.8 Å². The molecule has 1 aliphatic rings. The van der Waals surface area contributed by atoms with E-state index in [1.807, 2.05) is 32.0 Å². The van der Waals surface area contributed by atoms with Crippen molar-refractivity contribution in [1.82, 2.24) is 9.88 Å². The Kier molecular flexibility index (Phi) is 7.57. The first-order chi connectivity index (χ1) is 14.4. The van der Waals surface area contributed by atoms with Crippen LogP contribution in [0.3, 0.4) is 0 Å². The fourth-order valence-electron chi connectivity index (χ4n) is 3.26. The van der Waals surface area contributed by atoms with Crippen molar-refractivity contribution in [3.05, 3.63) is 45.4 Å². The third kappa shape index (κ3) is 6.38. The molecule has 1 saturated heterocycles. The smallest absolute Gasteiger partial charge is 0.326 e. The number of aromatic nitrogens is 1. The van der Waals surface area contributed by atoms with Gasteiger partial charge in [0, 0.05) is 24.0 Å². The van der Waals surface area contributed by atoms with Gasteiger partial charge in [-0.2, -0.15) is 0 Å². The van der Waals surface area contributed by atoms with Crippen LogP contribution < -0.4 is 5.32 Å². The van der Waals surface area contributed by atoms with Crippen LogP contribution in [0.2, 0.25) is 0 Å². The molecule has 1 aromatic heterocycles. The van der Waals surface area contributed by atoms with Crippen LogP contribution in [0.1, 0.15) is 47.5 Å². The molecule has 0 bridgehead atoms. The van der Waals surface area contributed by atoms with Crippen molar-refractivity contribution in [1.29, 1.82) is 0 Å². The number of ether oxygens (including phenoxy) is 1. The predicted molar refractivity (Wildman–Crippen MR) is 115 cm³/mol. The Balaban J connectivity index is 1.46. The van der Waals surface area contributed by atoms with Crippen molar-refractivity contribution in [3.63, 3.8) is 0 Å². The SMILES string of the molecule is Cc1ccc(C)c(NC(=O)Cc2nc(COC(=O)CN3CCCCCC3=O)cs2)c1. The van der Waals surface area contributed by atoms with Crippen molar-refractivity contribution in [2.75, 3.05) is 18.4 Å². The van der Waals surface area contributed by atoms with E-state index in [9.17, 15) is 14.4 Å². The summed E-state index contributed by atoms with van der Waals surface area (Å²) in [6, 6.07) is 5.91. The number of likely N-dealkylation sites (tertiary alicyclic amines) is 1.